The average Bonchev–Trinajstić information content (AvgIpc) is 2.68. The van der Waals surface area contributed by atoms with Crippen molar-refractivity contribution < 1.29 is 23.8 Å². The molecule has 3 rings (SSSR count). The predicted molar refractivity (Wildman–Crippen MR) is 99.8 cm³/mol. The zero-order valence-electron chi connectivity index (χ0n) is 16.0. The number of likely N-dealkylation sites (tertiary alicyclic amines) is 1. The first-order valence-electron chi connectivity index (χ1n) is 9.64. The molecule has 1 aromatic carbocycles. The third kappa shape index (κ3) is 5.13. The van der Waals surface area contributed by atoms with Gasteiger partial charge in [-0.15, -0.1) is 0 Å². The molecule has 2 aliphatic rings. The minimum atomic E-state index is -0.120. The molecule has 1 N–H and O–H groups in total. The molecule has 1 saturated heterocycles. The van der Waals surface area contributed by atoms with E-state index in [0.29, 0.717) is 26.4 Å². The van der Waals surface area contributed by atoms with E-state index in [0.717, 1.165) is 43.0 Å². The number of nitrogens with zero attached hydrogens (tertiary/aromatic N) is 1. The van der Waals surface area contributed by atoms with Crippen LogP contribution in [0.3, 0.4) is 0 Å². The Hall–Kier alpha value is -2.28. The van der Waals surface area contributed by atoms with Crippen LogP contribution in [0.1, 0.15) is 38.3 Å². The Morgan fingerprint density at radius 3 is 2.63 bits per heavy atom. The summed E-state index contributed by atoms with van der Waals surface area (Å²) in [6.07, 6.45) is 1.48. The van der Waals surface area contributed by atoms with Crippen LogP contribution in [0.15, 0.2) is 18.2 Å². The first-order chi connectivity index (χ1) is 13.1. The van der Waals surface area contributed by atoms with Crippen LogP contribution in [-0.4, -0.2) is 56.2 Å². The highest BCUT2D eigenvalue weighted by molar-refractivity contribution is 5.78. The van der Waals surface area contributed by atoms with Crippen LogP contribution < -0.4 is 14.8 Å². The van der Waals surface area contributed by atoms with Crippen molar-refractivity contribution in [2.24, 2.45) is 5.92 Å². The molecule has 0 spiro atoms. The van der Waals surface area contributed by atoms with Crippen LogP contribution in [-0.2, 0) is 14.3 Å². The van der Waals surface area contributed by atoms with Gasteiger partial charge in [0.05, 0.1) is 25.1 Å². The van der Waals surface area contributed by atoms with Crippen molar-refractivity contribution in [1.29, 1.82) is 0 Å². The molecule has 0 aromatic heterocycles. The molecule has 0 radical (unpaired) electrons. The van der Waals surface area contributed by atoms with Gasteiger partial charge in [0.25, 0.3) is 0 Å². The highest BCUT2D eigenvalue weighted by Gasteiger charge is 2.27. The Morgan fingerprint density at radius 1 is 1.22 bits per heavy atom. The number of carbonyl (C=O) groups is 2. The summed E-state index contributed by atoms with van der Waals surface area (Å²) in [6, 6.07) is 5.63. The highest BCUT2D eigenvalue weighted by Crippen LogP contribution is 2.32. The molecule has 1 amide bonds. The summed E-state index contributed by atoms with van der Waals surface area (Å²) < 4.78 is 16.2. The fraction of sp³-hybridized carbons (Fsp3) is 0.600. The fourth-order valence-corrected chi connectivity index (χ4v) is 3.49. The summed E-state index contributed by atoms with van der Waals surface area (Å²) >= 11 is 0. The highest BCUT2D eigenvalue weighted by atomic mass is 16.6. The normalized spacial score (nSPS) is 18.6. The number of carbonyl (C=O) groups excluding carboxylic acids is 2. The van der Waals surface area contributed by atoms with E-state index in [-0.39, 0.29) is 23.8 Å². The molecule has 27 heavy (non-hydrogen) atoms. The Bertz CT molecular complexity index is 670. The van der Waals surface area contributed by atoms with E-state index in [9.17, 15) is 9.59 Å². The summed E-state index contributed by atoms with van der Waals surface area (Å²) in [5.74, 6) is 1.29. The van der Waals surface area contributed by atoms with Gasteiger partial charge >= 0.3 is 5.97 Å². The monoisotopic (exact) mass is 376 g/mol. The van der Waals surface area contributed by atoms with Gasteiger partial charge < -0.3 is 19.5 Å². The van der Waals surface area contributed by atoms with E-state index in [1.54, 1.807) is 0 Å². The largest absolute Gasteiger partial charge is 0.486 e. The third-order valence-electron chi connectivity index (χ3n) is 5.02. The van der Waals surface area contributed by atoms with Crippen LogP contribution >= 0.6 is 0 Å². The fourth-order valence-electron chi connectivity index (χ4n) is 3.49. The maximum Gasteiger partial charge on any atom is 0.309 e. The van der Waals surface area contributed by atoms with Crippen LogP contribution in [0.5, 0.6) is 11.5 Å². The van der Waals surface area contributed by atoms with Gasteiger partial charge in [-0.05, 0) is 57.5 Å². The van der Waals surface area contributed by atoms with Gasteiger partial charge in [0.1, 0.15) is 13.2 Å². The van der Waals surface area contributed by atoms with Crippen molar-refractivity contribution in [3.8, 4) is 11.5 Å². The maximum absolute atomic E-state index is 12.4. The van der Waals surface area contributed by atoms with Crippen molar-refractivity contribution in [3.63, 3.8) is 0 Å². The van der Waals surface area contributed by atoms with Gasteiger partial charge in [-0.3, -0.25) is 14.5 Å². The molecule has 0 aliphatic carbocycles. The predicted octanol–water partition coefficient (Wildman–Crippen LogP) is 1.91. The SMILES string of the molecule is CCOC(=O)C1CCN(CC(=O)N[C@@H](C)c2ccc3c(c2)OCCO3)CC1. The molecule has 2 aliphatic heterocycles. The van der Waals surface area contributed by atoms with Crippen molar-refractivity contribution in [1.82, 2.24) is 10.2 Å². The lowest BCUT2D eigenvalue weighted by Gasteiger charge is -2.30. The second-order valence-electron chi connectivity index (χ2n) is 6.99. The number of piperidine rings is 1. The van der Waals surface area contributed by atoms with E-state index in [1.807, 2.05) is 32.0 Å². The topological polar surface area (TPSA) is 77.1 Å². The van der Waals surface area contributed by atoms with E-state index in [4.69, 9.17) is 14.2 Å². The molecule has 1 atom stereocenters. The molecule has 7 nitrogen and oxygen atoms in total. The van der Waals surface area contributed by atoms with Gasteiger partial charge in [0.2, 0.25) is 5.91 Å². The van der Waals surface area contributed by atoms with Crippen molar-refractivity contribution in [3.05, 3.63) is 23.8 Å². The number of hydrogen-bond acceptors (Lipinski definition) is 6. The lowest BCUT2D eigenvalue weighted by atomic mass is 9.97. The number of hydrogen-bond donors (Lipinski definition) is 1. The number of rotatable bonds is 6. The third-order valence-corrected chi connectivity index (χ3v) is 5.02. The summed E-state index contributed by atoms with van der Waals surface area (Å²) in [5, 5.41) is 3.04. The number of esters is 1. The molecular formula is C20H28N2O5. The second kappa shape index (κ2) is 9.08. The van der Waals surface area contributed by atoms with Crippen molar-refractivity contribution >= 4 is 11.9 Å². The Morgan fingerprint density at radius 2 is 1.93 bits per heavy atom. The first kappa shape index (κ1) is 19.5. The number of fused-ring (bicyclic) bond motifs is 1. The summed E-state index contributed by atoms with van der Waals surface area (Å²) in [7, 11) is 0. The quantitative estimate of drug-likeness (QED) is 0.765. The number of benzene rings is 1. The van der Waals surface area contributed by atoms with Crippen LogP contribution in [0.2, 0.25) is 0 Å². The standard InChI is InChI=1S/C20H28N2O5/c1-3-25-20(24)15-6-8-22(9-7-15)13-19(23)21-14(2)16-4-5-17-18(12-16)27-11-10-26-17/h4-5,12,14-15H,3,6-11,13H2,1-2H3,(H,21,23)/t14-/m0/s1. The minimum Gasteiger partial charge on any atom is -0.486 e. The molecule has 1 aromatic rings. The zero-order chi connectivity index (χ0) is 19.2. The number of amides is 1. The van der Waals surface area contributed by atoms with Crippen molar-refractivity contribution in [2.75, 3.05) is 39.5 Å². The van der Waals surface area contributed by atoms with Crippen LogP contribution in [0.25, 0.3) is 0 Å². The molecule has 1 fully saturated rings. The van der Waals surface area contributed by atoms with E-state index >= 15 is 0 Å². The van der Waals surface area contributed by atoms with Gasteiger partial charge in [0, 0.05) is 0 Å². The molecule has 148 valence electrons. The van der Waals surface area contributed by atoms with E-state index in [2.05, 4.69) is 10.2 Å². The van der Waals surface area contributed by atoms with Gasteiger partial charge in [0.15, 0.2) is 11.5 Å². The summed E-state index contributed by atoms with van der Waals surface area (Å²) in [4.78, 5) is 26.3. The van der Waals surface area contributed by atoms with E-state index in [1.165, 1.54) is 0 Å². The Kier molecular flexibility index (Phi) is 6.55. The van der Waals surface area contributed by atoms with Crippen LogP contribution in [0.4, 0.5) is 0 Å². The summed E-state index contributed by atoms with van der Waals surface area (Å²) in [5.41, 5.74) is 0.980. The minimum absolute atomic E-state index is 0.0213. The zero-order valence-corrected chi connectivity index (χ0v) is 16.0. The molecule has 2 heterocycles. The lowest BCUT2D eigenvalue weighted by Crippen LogP contribution is -2.43. The number of ether oxygens (including phenoxy) is 3. The molecule has 0 unspecified atom stereocenters. The van der Waals surface area contributed by atoms with Gasteiger partial charge in [-0.1, -0.05) is 6.07 Å². The van der Waals surface area contributed by atoms with Gasteiger partial charge in [-0.25, -0.2) is 0 Å². The van der Waals surface area contributed by atoms with Crippen LogP contribution in [0, 0.1) is 5.92 Å². The average molecular weight is 376 g/mol. The second-order valence-corrected chi connectivity index (χ2v) is 6.99. The smallest absolute Gasteiger partial charge is 0.309 e. The van der Waals surface area contributed by atoms with Gasteiger partial charge in [-0.2, -0.15) is 0 Å². The van der Waals surface area contributed by atoms with E-state index < -0.39 is 0 Å². The maximum atomic E-state index is 12.4. The Labute approximate surface area is 160 Å². The van der Waals surface area contributed by atoms with Crippen molar-refractivity contribution in [2.45, 2.75) is 32.7 Å². The number of nitrogens with one attached hydrogen (secondary N) is 1. The Balaban J connectivity index is 1.46. The molecular weight excluding hydrogens is 348 g/mol. The summed E-state index contributed by atoms with van der Waals surface area (Å²) in [6.45, 7) is 7.09. The molecule has 7 heteroatoms. The molecule has 0 bridgehead atoms. The lowest BCUT2D eigenvalue weighted by molar-refractivity contribution is -0.149. The molecule has 0 saturated carbocycles. The first-order valence-corrected chi connectivity index (χ1v) is 9.64.